The van der Waals surface area contributed by atoms with Gasteiger partial charge in [0.25, 0.3) is 0 Å². The first-order valence-electron chi connectivity index (χ1n) is 8.25. The van der Waals surface area contributed by atoms with Gasteiger partial charge in [0.15, 0.2) is 0 Å². The van der Waals surface area contributed by atoms with Gasteiger partial charge >= 0.3 is 5.97 Å². The molecule has 1 heterocycles. The van der Waals surface area contributed by atoms with Gasteiger partial charge in [-0.1, -0.05) is 0 Å². The van der Waals surface area contributed by atoms with Crippen LogP contribution in [0.1, 0.15) is 52.4 Å². The molecule has 0 saturated carbocycles. The topological polar surface area (TPSA) is 77.9 Å². The molecule has 0 spiro atoms. The summed E-state index contributed by atoms with van der Waals surface area (Å²) >= 11 is 0. The Kier molecular flexibility index (Phi) is 7.91. The van der Waals surface area contributed by atoms with Crippen LogP contribution in [-0.2, 0) is 14.4 Å². The first-order valence-corrected chi connectivity index (χ1v) is 8.25. The molecule has 0 atom stereocenters. The van der Waals surface area contributed by atoms with Gasteiger partial charge in [0.05, 0.1) is 0 Å². The maximum absolute atomic E-state index is 12.1. The van der Waals surface area contributed by atoms with Crippen LogP contribution in [-0.4, -0.2) is 58.9 Å². The van der Waals surface area contributed by atoms with Crippen molar-refractivity contribution < 1.29 is 19.5 Å². The number of carbonyl (C=O) groups excluding carboxylic acids is 2. The van der Waals surface area contributed by atoms with E-state index in [2.05, 4.69) is 0 Å². The number of piperidine rings is 1. The molecule has 6 nitrogen and oxygen atoms in total. The summed E-state index contributed by atoms with van der Waals surface area (Å²) in [4.78, 5) is 38.2. The van der Waals surface area contributed by atoms with Crippen LogP contribution in [0.3, 0.4) is 0 Å². The first kappa shape index (κ1) is 18.5. The number of aliphatic carboxylic acids is 1. The van der Waals surface area contributed by atoms with Gasteiger partial charge in [-0.2, -0.15) is 0 Å². The lowest BCUT2D eigenvalue weighted by atomic mass is 9.93. The van der Waals surface area contributed by atoms with Crippen molar-refractivity contribution in [2.45, 2.75) is 52.4 Å². The van der Waals surface area contributed by atoms with Gasteiger partial charge in [-0.25, -0.2) is 0 Å². The zero-order chi connectivity index (χ0) is 16.5. The highest BCUT2D eigenvalue weighted by molar-refractivity contribution is 5.79. The van der Waals surface area contributed by atoms with Crippen molar-refractivity contribution in [2.75, 3.05) is 26.2 Å². The lowest BCUT2D eigenvalue weighted by Crippen LogP contribution is -2.39. The second-order valence-corrected chi connectivity index (χ2v) is 5.84. The number of carboxylic acids is 1. The minimum absolute atomic E-state index is 0.0844. The van der Waals surface area contributed by atoms with Crippen LogP contribution in [0.25, 0.3) is 0 Å². The third kappa shape index (κ3) is 6.03. The molecule has 126 valence electrons. The molecule has 0 radical (unpaired) electrons. The molecule has 1 aliphatic heterocycles. The van der Waals surface area contributed by atoms with Gasteiger partial charge in [-0.3, -0.25) is 14.4 Å². The van der Waals surface area contributed by atoms with Crippen LogP contribution in [0.4, 0.5) is 0 Å². The van der Waals surface area contributed by atoms with Crippen molar-refractivity contribution in [3.8, 4) is 0 Å². The largest absolute Gasteiger partial charge is 0.481 e. The number of hydrogen-bond donors (Lipinski definition) is 1. The van der Waals surface area contributed by atoms with E-state index in [1.165, 1.54) is 0 Å². The van der Waals surface area contributed by atoms with Crippen LogP contribution in [0.5, 0.6) is 0 Å². The summed E-state index contributed by atoms with van der Waals surface area (Å²) in [5.74, 6) is -0.385. The summed E-state index contributed by atoms with van der Waals surface area (Å²) in [6.07, 6.45) is 3.12. The normalized spacial score (nSPS) is 15.6. The Labute approximate surface area is 132 Å². The number of rotatable bonds is 8. The van der Waals surface area contributed by atoms with Gasteiger partial charge in [-0.05, 0) is 39.0 Å². The molecule has 0 aromatic heterocycles. The van der Waals surface area contributed by atoms with Crippen LogP contribution < -0.4 is 0 Å². The summed E-state index contributed by atoms with van der Waals surface area (Å²) in [5.41, 5.74) is 0. The van der Waals surface area contributed by atoms with Gasteiger partial charge in [0.2, 0.25) is 11.8 Å². The molecule has 0 aromatic rings. The minimum Gasteiger partial charge on any atom is -0.481 e. The molecule has 0 bridgehead atoms. The predicted molar refractivity (Wildman–Crippen MR) is 83.3 cm³/mol. The number of likely N-dealkylation sites (tertiary alicyclic amines) is 1. The molecule has 1 saturated heterocycles. The van der Waals surface area contributed by atoms with Crippen molar-refractivity contribution >= 4 is 17.8 Å². The van der Waals surface area contributed by atoms with E-state index in [0.717, 1.165) is 12.8 Å². The third-order valence-corrected chi connectivity index (χ3v) is 4.33. The van der Waals surface area contributed by atoms with E-state index in [0.29, 0.717) is 45.4 Å². The highest BCUT2D eigenvalue weighted by Crippen LogP contribution is 2.21. The van der Waals surface area contributed by atoms with E-state index in [1.807, 2.05) is 13.8 Å². The SMILES string of the molecule is CCN(CC)C(=O)CCCC(=O)N1CCC(CC(=O)O)CC1. The van der Waals surface area contributed by atoms with E-state index in [-0.39, 0.29) is 24.2 Å². The van der Waals surface area contributed by atoms with Crippen molar-refractivity contribution in [1.29, 1.82) is 0 Å². The molecule has 0 aliphatic carbocycles. The minimum atomic E-state index is -0.764. The van der Waals surface area contributed by atoms with E-state index in [9.17, 15) is 14.4 Å². The second kappa shape index (κ2) is 9.43. The Morgan fingerprint density at radius 3 is 2.18 bits per heavy atom. The Bertz CT molecular complexity index is 386. The van der Waals surface area contributed by atoms with Gasteiger partial charge in [-0.15, -0.1) is 0 Å². The number of nitrogens with zero attached hydrogens (tertiary/aromatic N) is 2. The fraction of sp³-hybridized carbons (Fsp3) is 0.812. The summed E-state index contributed by atoms with van der Waals surface area (Å²) in [6, 6.07) is 0. The van der Waals surface area contributed by atoms with E-state index in [4.69, 9.17) is 5.11 Å². The lowest BCUT2D eigenvalue weighted by Gasteiger charge is -2.31. The second-order valence-electron chi connectivity index (χ2n) is 5.84. The number of carboxylic acid groups (broad SMARTS) is 1. The first-order chi connectivity index (χ1) is 10.5. The van der Waals surface area contributed by atoms with Crippen molar-refractivity contribution in [3.63, 3.8) is 0 Å². The zero-order valence-corrected chi connectivity index (χ0v) is 13.7. The van der Waals surface area contributed by atoms with Crippen LogP contribution in [0, 0.1) is 5.92 Å². The van der Waals surface area contributed by atoms with Crippen molar-refractivity contribution in [3.05, 3.63) is 0 Å². The van der Waals surface area contributed by atoms with Crippen LogP contribution in [0.15, 0.2) is 0 Å². The predicted octanol–water partition coefficient (Wildman–Crippen LogP) is 1.74. The highest BCUT2D eigenvalue weighted by atomic mass is 16.4. The molecule has 6 heteroatoms. The Morgan fingerprint density at radius 2 is 1.68 bits per heavy atom. The summed E-state index contributed by atoms with van der Waals surface area (Å²) < 4.78 is 0. The molecular weight excluding hydrogens is 284 g/mol. The average molecular weight is 312 g/mol. The smallest absolute Gasteiger partial charge is 0.303 e. The van der Waals surface area contributed by atoms with Crippen molar-refractivity contribution in [2.24, 2.45) is 5.92 Å². The van der Waals surface area contributed by atoms with E-state index >= 15 is 0 Å². The highest BCUT2D eigenvalue weighted by Gasteiger charge is 2.24. The molecule has 1 aliphatic rings. The number of amides is 2. The zero-order valence-electron chi connectivity index (χ0n) is 13.7. The van der Waals surface area contributed by atoms with E-state index < -0.39 is 5.97 Å². The summed E-state index contributed by atoms with van der Waals surface area (Å²) in [5, 5.41) is 8.78. The van der Waals surface area contributed by atoms with Crippen LogP contribution >= 0.6 is 0 Å². The maximum Gasteiger partial charge on any atom is 0.303 e. The molecule has 2 amide bonds. The Morgan fingerprint density at radius 1 is 1.09 bits per heavy atom. The van der Waals surface area contributed by atoms with Crippen LogP contribution in [0.2, 0.25) is 0 Å². The molecule has 1 N–H and O–H groups in total. The van der Waals surface area contributed by atoms with E-state index in [1.54, 1.807) is 9.80 Å². The average Bonchev–Trinajstić information content (AvgIpc) is 2.48. The number of carbonyl (C=O) groups is 3. The maximum atomic E-state index is 12.1. The van der Waals surface area contributed by atoms with Gasteiger partial charge < -0.3 is 14.9 Å². The third-order valence-electron chi connectivity index (χ3n) is 4.33. The summed E-state index contributed by atoms with van der Waals surface area (Å²) in [7, 11) is 0. The number of hydrogen-bond acceptors (Lipinski definition) is 3. The molecule has 1 fully saturated rings. The fourth-order valence-electron chi connectivity index (χ4n) is 2.92. The molecule has 0 unspecified atom stereocenters. The quantitative estimate of drug-likeness (QED) is 0.740. The molecule has 1 rings (SSSR count). The molecular formula is C16H28N2O4. The van der Waals surface area contributed by atoms with Gasteiger partial charge in [0, 0.05) is 45.4 Å². The standard InChI is InChI=1S/C16H28N2O4/c1-3-17(4-2)14(19)6-5-7-15(20)18-10-8-13(9-11-18)12-16(21)22/h13H,3-12H2,1-2H3,(H,21,22). The summed E-state index contributed by atoms with van der Waals surface area (Å²) in [6.45, 7) is 6.60. The lowest BCUT2D eigenvalue weighted by molar-refractivity contribution is -0.138. The Hall–Kier alpha value is -1.59. The molecule has 0 aromatic carbocycles. The molecule has 22 heavy (non-hydrogen) atoms. The Balaban J connectivity index is 2.24. The van der Waals surface area contributed by atoms with Gasteiger partial charge in [0.1, 0.15) is 0 Å². The fourth-order valence-corrected chi connectivity index (χ4v) is 2.92. The monoisotopic (exact) mass is 312 g/mol. The van der Waals surface area contributed by atoms with Crippen molar-refractivity contribution in [1.82, 2.24) is 9.80 Å².